The maximum atomic E-state index is 12.5. The summed E-state index contributed by atoms with van der Waals surface area (Å²) in [5.74, 6) is 2.75. The van der Waals surface area contributed by atoms with Crippen LogP contribution in [0.15, 0.2) is 0 Å². The van der Waals surface area contributed by atoms with Crippen molar-refractivity contribution < 1.29 is 52.8 Å². The van der Waals surface area contributed by atoms with E-state index in [0.29, 0.717) is 54.9 Å². The fourth-order valence-corrected chi connectivity index (χ4v) is 9.34. The fourth-order valence-electron chi connectivity index (χ4n) is 9.34. The van der Waals surface area contributed by atoms with Gasteiger partial charge in [0.1, 0.15) is 32.2 Å². The minimum Gasteiger partial charge on any atom is -0.463 e. The zero-order chi connectivity index (χ0) is 40.2. The van der Waals surface area contributed by atoms with Gasteiger partial charge in [-0.3, -0.25) is 19.2 Å². The van der Waals surface area contributed by atoms with E-state index in [1.54, 1.807) is 7.11 Å². The van der Waals surface area contributed by atoms with Crippen molar-refractivity contribution in [3.63, 3.8) is 0 Å². The second kappa shape index (κ2) is 25.6. The summed E-state index contributed by atoms with van der Waals surface area (Å²) >= 11 is 0. The summed E-state index contributed by atoms with van der Waals surface area (Å²) in [6, 6.07) is 0. The molecule has 55 heavy (non-hydrogen) atoms. The van der Waals surface area contributed by atoms with Gasteiger partial charge in [-0.15, -0.1) is 0 Å². The number of fused-ring (bicyclic) bond motifs is 1. The first kappa shape index (κ1) is 46.8. The third kappa shape index (κ3) is 16.1. The Labute approximate surface area is 330 Å². The van der Waals surface area contributed by atoms with Crippen LogP contribution in [0, 0.1) is 53.3 Å². The number of esters is 4. The Morgan fingerprint density at radius 2 is 1.18 bits per heavy atom. The molecule has 4 rings (SSSR count). The lowest BCUT2D eigenvalue weighted by molar-refractivity contribution is -0.163. The number of rotatable bonds is 22. The monoisotopic (exact) mass is 780 g/mol. The van der Waals surface area contributed by atoms with Crippen LogP contribution < -0.4 is 5.32 Å². The van der Waals surface area contributed by atoms with Crippen molar-refractivity contribution in [3.8, 4) is 0 Å². The molecule has 0 aromatic carbocycles. The molecule has 0 saturated heterocycles. The molecule has 0 amide bonds. The highest BCUT2D eigenvalue weighted by Crippen LogP contribution is 2.45. The van der Waals surface area contributed by atoms with E-state index in [2.05, 4.69) is 33.0 Å². The standard InChI is InChI=1S/C23H38O5.C20H35NO6/c1-4-16-10-19(9-15(16)2)22(24)27-13-21(26-3)14-28-23(25)20-11-17-7-5-6-8-18(17)12-20;1-3-16-12-17(11-15(16)2)20(25)26-14-18(13-23)27-19(24)7-6-9-21-8-4-5-10-22/h15-21H,4-14H2,1-3H3;10,15-18,21,23H,3-9,11-14H2,1-2H3. The topological polar surface area (TPSA) is 164 Å². The average molecular weight is 780 g/mol. The molecular weight excluding hydrogens is 706 g/mol. The fraction of sp³-hybridized carbons (Fsp3) is 0.884. The molecule has 4 aliphatic carbocycles. The SMILES string of the molecule is CCC1CC(C(=O)OCC(CO)OC(=O)CCCNCCCC=O)CC1C.CCC1CC(C(=O)OCC(COC(=O)C2CC3CCCCC3C2)OC)CC1C. The van der Waals surface area contributed by atoms with Gasteiger partial charge < -0.3 is 38.9 Å². The van der Waals surface area contributed by atoms with E-state index in [-0.39, 0.29) is 68.5 Å². The van der Waals surface area contributed by atoms with E-state index in [1.165, 1.54) is 25.7 Å². The number of hydrogen-bond donors (Lipinski definition) is 2. The van der Waals surface area contributed by atoms with E-state index in [0.717, 1.165) is 70.6 Å². The van der Waals surface area contributed by atoms with Crippen LogP contribution in [0.1, 0.15) is 130 Å². The van der Waals surface area contributed by atoms with Crippen molar-refractivity contribution in [1.82, 2.24) is 5.32 Å². The van der Waals surface area contributed by atoms with Gasteiger partial charge in [0.2, 0.25) is 0 Å². The Bertz CT molecular complexity index is 1150. The van der Waals surface area contributed by atoms with Gasteiger partial charge in [0.15, 0.2) is 6.10 Å². The van der Waals surface area contributed by atoms with Gasteiger partial charge in [-0.1, -0.05) is 66.2 Å². The van der Waals surface area contributed by atoms with E-state index in [9.17, 15) is 29.1 Å². The van der Waals surface area contributed by atoms with Crippen LogP contribution in [0.4, 0.5) is 0 Å². The number of methoxy groups -OCH3 is 1. The van der Waals surface area contributed by atoms with Crippen LogP contribution in [-0.4, -0.2) is 94.1 Å². The molecule has 2 N–H and O–H groups in total. The number of aliphatic hydroxyl groups excluding tert-OH is 1. The van der Waals surface area contributed by atoms with E-state index in [4.69, 9.17) is 23.7 Å². The van der Waals surface area contributed by atoms with Crippen molar-refractivity contribution in [3.05, 3.63) is 0 Å². The molecular formula is C43H73NO11. The van der Waals surface area contributed by atoms with Crippen molar-refractivity contribution in [2.45, 2.75) is 143 Å². The molecule has 316 valence electrons. The van der Waals surface area contributed by atoms with Crippen LogP contribution in [0.2, 0.25) is 0 Å². The van der Waals surface area contributed by atoms with Crippen LogP contribution in [0.5, 0.6) is 0 Å². The van der Waals surface area contributed by atoms with Gasteiger partial charge in [0.25, 0.3) is 0 Å². The normalized spacial score (nSPS) is 29.6. The number of aliphatic hydroxyl groups is 1. The van der Waals surface area contributed by atoms with E-state index < -0.39 is 18.2 Å². The molecule has 4 saturated carbocycles. The summed E-state index contributed by atoms with van der Waals surface area (Å²) in [6.45, 7) is 9.93. The number of unbranched alkanes of at least 4 members (excludes halogenated alkanes) is 1. The lowest BCUT2D eigenvalue weighted by Gasteiger charge is -2.24. The van der Waals surface area contributed by atoms with Crippen LogP contribution >= 0.6 is 0 Å². The Morgan fingerprint density at radius 1 is 0.709 bits per heavy atom. The second-order valence-electron chi connectivity index (χ2n) is 16.8. The number of hydrogen-bond acceptors (Lipinski definition) is 12. The Morgan fingerprint density at radius 3 is 1.62 bits per heavy atom. The highest BCUT2D eigenvalue weighted by atomic mass is 16.6. The summed E-state index contributed by atoms with van der Waals surface area (Å²) in [5, 5.41) is 12.5. The molecule has 12 heteroatoms. The molecule has 0 heterocycles. The predicted octanol–water partition coefficient (Wildman–Crippen LogP) is 6.23. The Balaban J connectivity index is 0.000000296. The first-order chi connectivity index (χ1) is 26.5. The molecule has 10 atom stereocenters. The van der Waals surface area contributed by atoms with Crippen molar-refractivity contribution in [2.24, 2.45) is 53.3 Å². The summed E-state index contributed by atoms with van der Waals surface area (Å²) in [7, 11) is 1.57. The van der Waals surface area contributed by atoms with E-state index in [1.807, 2.05) is 0 Å². The van der Waals surface area contributed by atoms with Crippen LogP contribution in [-0.2, 0) is 47.7 Å². The number of carbonyl (C=O) groups is 5. The Kier molecular flexibility index (Phi) is 21.8. The zero-order valence-electron chi connectivity index (χ0n) is 34.5. The number of ether oxygens (including phenoxy) is 5. The maximum absolute atomic E-state index is 12.5. The summed E-state index contributed by atoms with van der Waals surface area (Å²) in [4.78, 5) is 59.1. The third-order valence-corrected chi connectivity index (χ3v) is 12.9. The summed E-state index contributed by atoms with van der Waals surface area (Å²) in [5.41, 5.74) is 0. The minimum absolute atomic E-state index is 0.00170. The lowest BCUT2D eigenvalue weighted by Crippen LogP contribution is -2.30. The molecule has 0 aromatic rings. The lowest BCUT2D eigenvalue weighted by atomic mass is 9.82. The molecule has 0 radical (unpaired) electrons. The van der Waals surface area contributed by atoms with Gasteiger partial charge in [-0.05, 0) is 100.0 Å². The largest absolute Gasteiger partial charge is 0.463 e. The van der Waals surface area contributed by atoms with Gasteiger partial charge in [0, 0.05) is 20.0 Å². The van der Waals surface area contributed by atoms with Crippen molar-refractivity contribution >= 4 is 30.2 Å². The summed E-state index contributed by atoms with van der Waals surface area (Å²) < 4.78 is 26.9. The minimum atomic E-state index is -0.817. The molecule has 0 spiro atoms. The van der Waals surface area contributed by atoms with Gasteiger partial charge in [0.05, 0.1) is 24.4 Å². The van der Waals surface area contributed by atoms with Crippen molar-refractivity contribution in [2.75, 3.05) is 46.6 Å². The molecule has 0 aliphatic heterocycles. The first-order valence-corrected chi connectivity index (χ1v) is 21.5. The summed E-state index contributed by atoms with van der Waals surface area (Å²) in [6.07, 6.45) is 14.6. The highest BCUT2D eigenvalue weighted by Gasteiger charge is 2.40. The van der Waals surface area contributed by atoms with Crippen molar-refractivity contribution in [1.29, 1.82) is 0 Å². The van der Waals surface area contributed by atoms with Gasteiger partial charge >= 0.3 is 23.9 Å². The first-order valence-electron chi connectivity index (χ1n) is 21.5. The highest BCUT2D eigenvalue weighted by molar-refractivity contribution is 5.74. The molecule has 0 aromatic heterocycles. The number of aldehydes is 1. The maximum Gasteiger partial charge on any atom is 0.309 e. The molecule has 12 nitrogen and oxygen atoms in total. The third-order valence-electron chi connectivity index (χ3n) is 12.9. The zero-order valence-corrected chi connectivity index (χ0v) is 34.5. The molecule has 4 fully saturated rings. The molecule has 0 bridgehead atoms. The van der Waals surface area contributed by atoms with E-state index >= 15 is 0 Å². The smallest absolute Gasteiger partial charge is 0.309 e. The van der Waals surface area contributed by atoms with Gasteiger partial charge in [-0.25, -0.2) is 0 Å². The molecule has 10 unspecified atom stereocenters. The quantitative estimate of drug-likeness (QED) is 0.0552. The van der Waals surface area contributed by atoms with Crippen LogP contribution in [0.25, 0.3) is 0 Å². The van der Waals surface area contributed by atoms with Gasteiger partial charge in [-0.2, -0.15) is 0 Å². The average Bonchev–Trinajstić information content (AvgIpc) is 3.92. The number of carbonyl (C=O) groups excluding carboxylic acids is 5. The van der Waals surface area contributed by atoms with Crippen LogP contribution in [0.3, 0.4) is 0 Å². The number of nitrogens with one attached hydrogen (secondary N) is 1. The molecule has 4 aliphatic rings. The second-order valence-corrected chi connectivity index (χ2v) is 16.8. The predicted molar refractivity (Wildman–Crippen MR) is 208 cm³/mol. The Hall–Kier alpha value is -2.57.